The standard InChI is InChI=1S/C17H19N3O5/c1-4-6-13-14(17(22)25-3)10(2)18-15(13)16(21)19-11-7-5-8-12(9-11)20(23)24/h5,7-9,18H,4,6H2,1-3H3,(H,19,21). The molecule has 1 aromatic heterocycles. The normalized spacial score (nSPS) is 10.4. The summed E-state index contributed by atoms with van der Waals surface area (Å²) < 4.78 is 4.79. The van der Waals surface area contributed by atoms with Gasteiger partial charge in [0, 0.05) is 23.5 Å². The van der Waals surface area contributed by atoms with E-state index in [0.717, 1.165) is 6.42 Å². The van der Waals surface area contributed by atoms with Crippen molar-refractivity contribution in [3.05, 3.63) is 56.9 Å². The molecule has 0 atom stereocenters. The molecule has 0 bridgehead atoms. The number of non-ortho nitro benzene ring substituents is 1. The zero-order valence-corrected chi connectivity index (χ0v) is 14.2. The van der Waals surface area contributed by atoms with Gasteiger partial charge in [0.05, 0.1) is 17.6 Å². The SMILES string of the molecule is CCCc1c(C(=O)Nc2cccc([N+](=O)[O-])c2)[nH]c(C)c1C(=O)OC. The molecular weight excluding hydrogens is 326 g/mol. The summed E-state index contributed by atoms with van der Waals surface area (Å²) >= 11 is 0. The number of aromatic nitrogens is 1. The number of carbonyl (C=O) groups excluding carboxylic acids is 2. The molecule has 0 spiro atoms. The Morgan fingerprint density at radius 1 is 1.36 bits per heavy atom. The van der Waals surface area contributed by atoms with E-state index < -0.39 is 16.8 Å². The van der Waals surface area contributed by atoms with Crippen molar-refractivity contribution in [1.29, 1.82) is 0 Å². The molecule has 0 unspecified atom stereocenters. The number of nitro groups is 1. The van der Waals surface area contributed by atoms with Crippen LogP contribution in [0.25, 0.3) is 0 Å². The monoisotopic (exact) mass is 345 g/mol. The van der Waals surface area contributed by atoms with Crippen molar-refractivity contribution in [3.63, 3.8) is 0 Å². The van der Waals surface area contributed by atoms with Crippen LogP contribution in [0.1, 0.15) is 45.4 Å². The average molecular weight is 345 g/mol. The Hall–Kier alpha value is -3.16. The van der Waals surface area contributed by atoms with Gasteiger partial charge in [-0.3, -0.25) is 14.9 Å². The number of esters is 1. The number of hydrogen-bond acceptors (Lipinski definition) is 5. The number of aromatic amines is 1. The fourth-order valence-corrected chi connectivity index (χ4v) is 2.64. The second-order valence-corrected chi connectivity index (χ2v) is 5.48. The molecule has 2 N–H and O–H groups in total. The number of nitrogens with zero attached hydrogens (tertiary/aromatic N) is 1. The lowest BCUT2D eigenvalue weighted by Crippen LogP contribution is -2.15. The fraction of sp³-hybridized carbons (Fsp3) is 0.294. The quantitative estimate of drug-likeness (QED) is 0.474. The van der Waals surface area contributed by atoms with E-state index in [2.05, 4.69) is 10.3 Å². The van der Waals surface area contributed by atoms with Gasteiger partial charge in [0.25, 0.3) is 11.6 Å². The molecule has 0 fully saturated rings. The van der Waals surface area contributed by atoms with Crippen molar-refractivity contribution in [2.24, 2.45) is 0 Å². The number of nitrogens with one attached hydrogen (secondary N) is 2. The first kappa shape index (κ1) is 18.2. The molecule has 1 amide bonds. The maximum absolute atomic E-state index is 12.6. The lowest BCUT2D eigenvalue weighted by molar-refractivity contribution is -0.384. The first-order chi connectivity index (χ1) is 11.9. The van der Waals surface area contributed by atoms with E-state index in [-0.39, 0.29) is 11.4 Å². The minimum Gasteiger partial charge on any atom is -0.465 e. The van der Waals surface area contributed by atoms with Crippen LogP contribution in [0, 0.1) is 17.0 Å². The van der Waals surface area contributed by atoms with E-state index in [0.29, 0.717) is 28.9 Å². The second-order valence-electron chi connectivity index (χ2n) is 5.48. The maximum Gasteiger partial charge on any atom is 0.339 e. The third-order valence-electron chi connectivity index (χ3n) is 3.72. The van der Waals surface area contributed by atoms with Crippen molar-refractivity contribution in [1.82, 2.24) is 4.98 Å². The van der Waals surface area contributed by atoms with Gasteiger partial charge in [0.1, 0.15) is 5.69 Å². The number of hydrogen-bond donors (Lipinski definition) is 2. The summed E-state index contributed by atoms with van der Waals surface area (Å²) in [5, 5.41) is 13.5. The number of ether oxygens (including phenoxy) is 1. The predicted octanol–water partition coefficient (Wildman–Crippen LogP) is 3.22. The van der Waals surface area contributed by atoms with Crippen LogP contribution >= 0.6 is 0 Å². The molecule has 25 heavy (non-hydrogen) atoms. The number of amides is 1. The number of carbonyl (C=O) groups is 2. The third kappa shape index (κ3) is 3.85. The van der Waals surface area contributed by atoms with Crippen LogP contribution in [-0.2, 0) is 11.2 Å². The van der Waals surface area contributed by atoms with E-state index in [4.69, 9.17) is 4.74 Å². The van der Waals surface area contributed by atoms with E-state index in [9.17, 15) is 19.7 Å². The first-order valence-corrected chi connectivity index (χ1v) is 7.74. The van der Waals surface area contributed by atoms with Crippen molar-refractivity contribution >= 4 is 23.3 Å². The van der Waals surface area contributed by atoms with Gasteiger partial charge in [-0.1, -0.05) is 19.4 Å². The molecule has 1 heterocycles. The first-order valence-electron chi connectivity index (χ1n) is 7.74. The van der Waals surface area contributed by atoms with Gasteiger partial charge in [0.15, 0.2) is 0 Å². The average Bonchev–Trinajstić information content (AvgIpc) is 2.91. The van der Waals surface area contributed by atoms with E-state index in [1.54, 1.807) is 13.0 Å². The summed E-state index contributed by atoms with van der Waals surface area (Å²) in [7, 11) is 1.29. The van der Waals surface area contributed by atoms with Crippen LogP contribution < -0.4 is 5.32 Å². The molecule has 8 nitrogen and oxygen atoms in total. The summed E-state index contributed by atoms with van der Waals surface area (Å²) in [5.41, 5.74) is 1.91. The highest BCUT2D eigenvalue weighted by Crippen LogP contribution is 2.24. The molecule has 0 saturated carbocycles. The lowest BCUT2D eigenvalue weighted by Gasteiger charge is -2.07. The third-order valence-corrected chi connectivity index (χ3v) is 3.72. The summed E-state index contributed by atoms with van der Waals surface area (Å²) in [6.07, 6.45) is 1.25. The molecule has 8 heteroatoms. The zero-order valence-electron chi connectivity index (χ0n) is 14.2. The topological polar surface area (TPSA) is 114 Å². The Bertz CT molecular complexity index is 826. The van der Waals surface area contributed by atoms with Crippen LogP contribution in [0.5, 0.6) is 0 Å². The maximum atomic E-state index is 12.6. The number of anilines is 1. The van der Waals surface area contributed by atoms with Crippen molar-refractivity contribution in [3.8, 4) is 0 Å². The number of benzene rings is 1. The molecule has 132 valence electrons. The minimum atomic E-state index is -0.535. The van der Waals surface area contributed by atoms with Gasteiger partial charge in [-0.15, -0.1) is 0 Å². The van der Waals surface area contributed by atoms with Gasteiger partial charge in [-0.25, -0.2) is 4.79 Å². The molecule has 2 aromatic rings. The summed E-state index contributed by atoms with van der Waals surface area (Å²) in [5.74, 6) is -0.978. The highest BCUT2D eigenvalue weighted by atomic mass is 16.6. The Labute approximate surface area is 144 Å². The Morgan fingerprint density at radius 2 is 2.08 bits per heavy atom. The lowest BCUT2D eigenvalue weighted by atomic mass is 10.0. The van der Waals surface area contributed by atoms with Crippen molar-refractivity contribution in [2.75, 3.05) is 12.4 Å². The van der Waals surface area contributed by atoms with Gasteiger partial charge < -0.3 is 15.0 Å². The highest BCUT2D eigenvalue weighted by molar-refractivity contribution is 6.07. The number of H-pyrrole nitrogens is 1. The summed E-state index contributed by atoms with van der Waals surface area (Å²) in [6.45, 7) is 3.63. The number of aryl methyl sites for hydroxylation is 1. The van der Waals surface area contributed by atoms with Crippen molar-refractivity contribution in [2.45, 2.75) is 26.7 Å². The van der Waals surface area contributed by atoms with E-state index in [1.807, 2.05) is 6.92 Å². The van der Waals surface area contributed by atoms with Gasteiger partial charge >= 0.3 is 5.97 Å². The van der Waals surface area contributed by atoms with Crippen LogP contribution in [0.2, 0.25) is 0 Å². The summed E-state index contributed by atoms with van der Waals surface area (Å²) in [4.78, 5) is 37.8. The molecule has 0 saturated heterocycles. The zero-order chi connectivity index (χ0) is 18.6. The molecule has 1 aromatic carbocycles. The molecule has 0 aliphatic heterocycles. The van der Waals surface area contributed by atoms with E-state index >= 15 is 0 Å². The Kier molecular flexibility index (Phi) is 5.53. The van der Waals surface area contributed by atoms with Crippen LogP contribution in [-0.4, -0.2) is 28.9 Å². The Morgan fingerprint density at radius 3 is 2.68 bits per heavy atom. The second kappa shape index (κ2) is 7.61. The van der Waals surface area contributed by atoms with Gasteiger partial charge in [0.2, 0.25) is 0 Å². The fourth-order valence-electron chi connectivity index (χ4n) is 2.64. The highest BCUT2D eigenvalue weighted by Gasteiger charge is 2.25. The molecule has 0 aliphatic carbocycles. The van der Waals surface area contributed by atoms with Crippen LogP contribution in [0.3, 0.4) is 0 Å². The van der Waals surface area contributed by atoms with Crippen LogP contribution in [0.15, 0.2) is 24.3 Å². The van der Waals surface area contributed by atoms with E-state index in [1.165, 1.54) is 25.3 Å². The molecule has 0 aliphatic rings. The Balaban J connectivity index is 2.37. The smallest absolute Gasteiger partial charge is 0.339 e. The van der Waals surface area contributed by atoms with Gasteiger partial charge in [-0.2, -0.15) is 0 Å². The number of nitro benzene ring substituents is 1. The number of methoxy groups -OCH3 is 1. The van der Waals surface area contributed by atoms with Gasteiger partial charge in [-0.05, 0) is 25.0 Å². The minimum absolute atomic E-state index is 0.121. The van der Waals surface area contributed by atoms with Crippen LogP contribution in [0.4, 0.5) is 11.4 Å². The summed E-state index contributed by atoms with van der Waals surface area (Å²) in [6, 6.07) is 5.66. The molecular formula is C17H19N3O5. The molecule has 0 radical (unpaired) electrons. The number of rotatable bonds is 6. The molecule has 2 rings (SSSR count). The largest absolute Gasteiger partial charge is 0.465 e. The van der Waals surface area contributed by atoms with Crippen molar-refractivity contribution < 1.29 is 19.2 Å². The predicted molar refractivity (Wildman–Crippen MR) is 91.9 cm³/mol.